The van der Waals surface area contributed by atoms with Crippen molar-refractivity contribution >= 4 is 23.1 Å². The predicted molar refractivity (Wildman–Crippen MR) is 84.6 cm³/mol. The Balaban J connectivity index is 1.79. The van der Waals surface area contributed by atoms with Crippen molar-refractivity contribution in [3.8, 4) is 0 Å². The average molecular weight is 327 g/mol. The van der Waals surface area contributed by atoms with Crippen LogP contribution >= 0.6 is 11.3 Å². The van der Waals surface area contributed by atoms with E-state index in [4.69, 9.17) is 9.26 Å². The van der Waals surface area contributed by atoms with Crippen LogP contribution < -0.4 is 0 Å². The summed E-state index contributed by atoms with van der Waals surface area (Å²) in [6.45, 7) is 1.75. The van der Waals surface area contributed by atoms with Gasteiger partial charge in [-0.05, 0) is 24.4 Å². The van der Waals surface area contributed by atoms with E-state index < -0.39 is 5.97 Å². The molecule has 0 aliphatic carbocycles. The van der Waals surface area contributed by atoms with Crippen LogP contribution in [-0.2, 0) is 11.3 Å². The minimum atomic E-state index is -0.570. The van der Waals surface area contributed by atoms with Crippen molar-refractivity contribution in [1.29, 1.82) is 0 Å². The molecule has 0 saturated carbocycles. The molecule has 0 amide bonds. The van der Waals surface area contributed by atoms with Gasteiger partial charge in [-0.15, -0.1) is 11.3 Å². The van der Waals surface area contributed by atoms with E-state index in [1.54, 1.807) is 49.4 Å². The molecule has 5 nitrogen and oxygen atoms in total. The molecule has 23 heavy (non-hydrogen) atoms. The molecule has 0 unspecified atom stereocenters. The van der Waals surface area contributed by atoms with Crippen molar-refractivity contribution in [3.63, 3.8) is 0 Å². The van der Waals surface area contributed by atoms with E-state index in [0.717, 1.165) is 0 Å². The molecular weight excluding hydrogens is 314 g/mol. The number of nitrogens with zero attached hydrogens (tertiary/aromatic N) is 1. The molecule has 6 heteroatoms. The first-order chi connectivity index (χ1) is 11.1. The van der Waals surface area contributed by atoms with Gasteiger partial charge in [0.1, 0.15) is 0 Å². The van der Waals surface area contributed by atoms with Crippen LogP contribution in [0.3, 0.4) is 0 Å². The third-order valence-electron chi connectivity index (χ3n) is 3.16. The lowest BCUT2D eigenvalue weighted by Gasteiger charge is -2.07. The lowest BCUT2D eigenvalue weighted by Crippen LogP contribution is -2.12. The number of esters is 1. The second-order valence-corrected chi connectivity index (χ2v) is 5.81. The normalized spacial score (nSPS) is 10.5. The van der Waals surface area contributed by atoms with Gasteiger partial charge in [0.05, 0.1) is 16.1 Å². The topological polar surface area (TPSA) is 69.4 Å². The Morgan fingerprint density at radius 3 is 2.61 bits per heavy atom. The van der Waals surface area contributed by atoms with Gasteiger partial charge in [-0.25, -0.2) is 4.79 Å². The summed E-state index contributed by atoms with van der Waals surface area (Å²) in [5.41, 5.74) is 1.28. The number of rotatable bonds is 5. The largest absolute Gasteiger partial charge is 0.454 e. The first kappa shape index (κ1) is 15.2. The predicted octanol–water partition coefficient (Wildman–Crippen LogP) is 3.63. The molecule has 0 N–H and O–H groups in total. The van der Waals surface area contributed by atoms with Gasteiger partial charge < -0.3 is 9.26 Å². The minimum Gasteiger partial charge on any atom is -0.454 e. The van der Waals surface area contributed by atoms with E-state index in [1.165, 1.54) is 11.3 Å². The monoisotopic (exact) mass is 327 g/mol. The van der Waals surface area contributed by atoms with Crippen molar-refractivity contribution in [3.05, 3.63) is 75.3 Å². The SMILES string of the molecule is Cc1cc(COC(=O)c2ccccc2C(=O)c2cccs2)on1. The second kappa shape index (κ2) is 6.58. The number of aromatic nitrogens is 1. The molecular formula is C17H13NO4S. The van der Waals surface area contributed by atoms with Crippen LogP contribution in [-0.4, -0.2) is 16.9 Å². The van der Waals surface area contributed by atoms with Crippen LogP contribution in [0, 0.1) is 6.92 Å². The van der Waals surface area contributed by atoms with Crippen molar-refractivity contribution in [2.24, 2.45) is 0 Å². The van der Waals surface area contributed by atoms with Crippen LogP contribution in [0.5, 0.6) is 0 Å². The molecule has 0 saturated heterocycles. The van der Waals surface area contributed by atoms with Crippen LogP contribution in [0.15, 0.2) is 52.4 Å². The Bertz CT molecular complexity index is 836. The molecule has 3 rings (SSSR count). The number of hydrogen-bond acceptors (Lipinski definition) is 6. The zero-order valence-electron chi connectivity index (χ0n) is 12.3. The number of aryl methyl sites for hydroxylation is 1. The summed E-state index contributed by atoms with van der Waals surface area (Å²) in [4.78, 5) is 25.4. The summed E-state index contributed by atoms with van der Waals surface area (Å²) in [5, 5.41) is 5.55. The lowest BCUT2D eigenvalue weighted by atomic mass is 10.0. The molecule has 116 valence electrons. The fourth-order valence-electron chi connectivity index (χ4n) is 2.10. The number of thiophene rings is 1. The average Bonchev–Trinajstić information content (AvgIpc) is 3.23. The van der Waals surface area contributed by atoms with Crippen LogP contribution in [0.1, 0.15) is 37.0 Å². The summed E-state index contributed by atoms with van der Waals surface area (Å²) in [5.74, 6) is -0.305. The molecule has 0 atom stereocenters. The van der Waals surface area contributed by atoms with Crippen LogP contribution in [0.25, 0.3) is 0 Å². The van der Waals surface area contributed by atoms with Gasteiger partial charge in [-0.2, -0.15) is 0 Å². The third-order valence-corrected chi connectivity index (χ3v) is 4.03. The van der Waals surface area contributed by atoms with Gasteiger partial charge >= 0.3 is 5.97 Å². The highest BCUT2D eigenvalue weighted by atomic mass is 32.1. The smallest absolute Gasteiger partial charge is 0.339 e. The Labute approximate surface area is 136 Å². The summed E-state index contributed by atoms with van der Waals surface area (Å²) in [6, 6.07) is 11.8. The second-order valence-electron chi connectivity index (χ2n) is 4.86. The molecule has 2 heterocycles. The highest BCUT2D eigenvalue weighted by Crippen LogP contribution is 2.19. The van der Waals surface area contributed by atoms with Gasteiger partial charge in [0.25, 0.3) is 0 Å². The Morgan fingerprint density at radius 2 is 1.96 bits per heavy atom. The molecule has 0 aliphatic heterocycles. The number of ketones is 1. The Hall–Kier alpha value is -2.73. The summed E-state index contributed by atoms with van der Waals surface area (Å²) < 4.78 is 10.2. The summed E-state index contributed by atoms with van der Waals surface area (Å²) in [7, 11) is 0. The highest BCUT2D eigenvalue weighted by molar-refractivity contribution is 7.12. The molecule has 3 aromatic rings. The molecule has 0 bridgehead atoms. The standard InChI is InChI=1S/C17H13NO4S/c1-11-9-12(22-18-11)10-21-17(20)14-6-3-2-5-13(14)16(19)15-7-4-8-23-15/h2-9H,10H2,1H3. The van der Waals surface area contributed by atoms with Crippen molar-refractivity contribution in [2.75, 3.05) is 0 Å². The van der Waals surface area contributed by atoms with Crippen molar-refractivity contribution < 1.29 is 18.8 Å². The van der Waals surface area contributed by atoms with Crippen molar-refractivity contribution in [1.82, 2.24) is 5.16 Å². The lowest BCUT2D eigenvalue weighted by molar-refractivity contribution is 0.0435. The molecule has 0 aliphatic rings. The summed E-state index contributed by atoms with van der Waals surface area (Å²) in [6.07, 6.45) is 0. The van der Waals surface area contributed by atoms with Crippen LogP contribution in [0.4, 0.5) is 0 Å². The van der Waals surface area contributed by atoms with Crippen LogP contribution in [0.2, 0.25) is 0 Å². The number of ether oxygens (including phenoxy) is 1. The number of hydrogen-bond donors (Lipinski definition) is 0. The summed E-state index contributed by atoms with van der Waals surface area (Å²) >= 11 is 1.33. The maximum atomic E-state index is 12.5. The van der Waals surface area contributed by atoms with E-state index in [9.17, 15) is 9.59 Å². The van der Waals surface area contributed by atoms with E-state index in [-0.39, 0.29) is 18.0 Å². The molecule has 0 radical (unpaired) electrons. The van der Waals surface area contributed by atoms with Gasteiger partial charge in [0, 0.05) is 11.6 Å². The number of carbonyl (C=O) groups excluding carboxylic acids is 2. The Morgan fingerprint density at radius 1 is 1.17 bits per heavy atom. The molecule has 2 aromatic heterocycles. The van der Waals surface area contributed by atoms with Gasteiger partial charge in [0.15, 0.2) is 12.4 Å². The van der Waals surface area contributed by atoms with Gasteiger partial charge in [0.2, 0.25) is 5.78 Å². The fraction of sp³-hybridized carbons (Fsp3) is 0.118. The van der Waals surface area contributed by atoms with E-state index in [0.29, 0.717) is 21.9 Å². The maximum absolute atomic E-state index is 12.5. The minimum absolute atomic E-state index is 0.0266. The zero-order chi connectivity index (χ0) is 16.2. The van der Waals surface area contributed by atoms with E-state index in [2.05, 4.69) is 5.16 Å². The first-order valence-corrected chi connectivity index (χ1v) is 7.79. The third kappa shape index (κ3) is 3.37. The molecule has 0 fully saturated rings. The fourth-order valence-corrected chi connectivity index (χ4v) is 2.78. The van der Waals surface area contributed by atoms with Gasteiger partial charge in [-0.3, -0.25) is 4.79 Å². The molecule has 1 aromatic carbocycles. The quantitative estimate of drug-likeness (QED) is 0.528. The highest BCUT2D eigenvalue weighted by Gasteiger charge is 2.20. The Kier molecular flexibility index (Phi) is 4.34. The molecule has 0 spiro atoms. The zero-order valence-corrected chi connectivity index (χ0v) is 13.1. The van der Waals surface area contributed by atoms with E-state index in [1.807, 2.05) is 5.38 Å². The first-order valence-electron chi connectivity index (χ1n) is 6.91. The van der Waals surface area contributed by atoms with Gasteiger partial charge in [-0.1, -0.05) is 29.4 Å². The van der Waals surface area contributed by atoms with Crippen molar-refractivity contribution in [2.45, 2.75) is 13.5 Å². The maximum Gasteiger partial charge on any atom is 0.339 e. The number of carbonyl (C=O) groups is 2. The van der Waals surface area contributed by atoms with E-state index >= 15 is 0 Å². The number of benzene rings is 1.